The number of rotatable bonds is 1. The van der Waals surface area contributed by atoms with Crippen molar-refractivity contribution < 1.29 is 9.53 Å². The highest BCUT2D eigenvalue weighted by Crippen LogP contribution is 2.32. The molecule has 120 valence electrons. The fourth-order valence-corrected chi connectivity index (χ4v) is 3.14. The van der Waals surface area contributed by atoms with Gasteiger partial charge in [0.15, 0.2) is 5.01 Å². The lowest BCUT2D eigenvalue weighted by atomic mass is 10.2. The molecule has 0 amide bonds. The largest absolute Gasteiger partial charge is 0.442 e. The van der Waals surface area contributed by atoms with Crippen LogP contribution in [0.25, 0.3) is 21.6 Å². The van der Waals surface area contributed by atoms with Crippen molar-refractivity contribution in [2.45, 2.75) is 33.3 Å². The van der Waals surface area contributed by atoms with E-state index in [1.54, 1.807) is 0 Å². The van der Waals surface area contributed by atoms with E-state index >= 15 is 0 Å². The molecule has 0 spiro atoms. The Kier molecular flexibility index (Phi) is 3.97. The smallest absolute Gasteiger partial charge is 0.435 e. The van der Waals surface area contributed by atoms with Crippen LogP contribution in [0.15, 0.2) is 22.7 Å². The van der Waals surface area contributed by atoms with E-state index in [2.05, 4.69) is 31.2 Å². The highest BCUT2D eigenvalue weighted by Gasteiger charge is 2.23. The van der Waals surface area contributed by atoms with Gasteiger partial charge in [-0.2, -0.15) is 9.78 Å². The second-order valence-electron chi connectivity index (χ2n) is 6.03. The molecule has 0 atom stereocenters. The predicted octanol–water partition coefficient (Wildman–Crippen LogP) is 4.41. The van der Waals surface area contributed by atoms with Crippen LogP contribution in [0.4, 0.5) is 4.79 Å². The summed E-state index contributed by atoms with van der Waals surface area (Å²) in [6, 6.07) is 5.60. The van der Waals surface area contributed by atoms with Gasteiger partial charge in [-0.05, 0) is 45.9 Å². The van der Waals surface area contributed by atoms with Gasteiger partial charge >= 0.3 is 6.09 Å². The molecule has 0 radical (unpaired) electrons. The summed E-state index contributed by atoms with van der Waals surface area (Å²) in [6.07, 6.45) is -0.516. The number of carbonyl (C=O) groups is 1. The molecule has 0 N–H and O–H groups in total. The molecular weight excluding hydrogens is 380 g/mol. The van der Waals surface area contributed by atoms with Crippen LogP contribution in [-0.2, 0) is 4.74 Å². The van der Waals surface area contributed by atoms with E-state index in [9.17, 15) is 4.79 Å². The molecule has 0 bridgehead atoms. The number of hydrogen-bond donors (Lipinski definition) is 0. The van der Waals surface area contributed by atoms with Crippen LogP contribution >= 0.6 is 27.3 Å². The minimum atomic E-state index is -0.593. The van der Waals surface area contributed by atoms with Gasteiger partial charge in [-0.15, -0.1) is 10.2 Å². The van der Waals surface area contributed by atoms with Crippen molar-refractivity contribution in [3.8, 4) is 10.7 Å². The lowest BCUT2D eigenvalue weighted by molar-refractivity contribution is 0.0523. The maximum atomic E-state index is 12.4. The van der Waals surface area contributed by atoms with Gasteiger partial charge in [0.05, 0.1) is 5.52 Å². The van der Waals surface area contributed by atoms with E-state index in [1.807, 2.05) is 45.9 Å². The predicted molar refractivity (Wildman–Crippen MR) is 92.7 cm³/mol. The number of carbonyl (C=O) groups excluding carboxylic acids is 1. The molecule has 0 fully saturated rings. The average Bonchev–Trinajstić information content (AvgIpc) is 3.00. The second-order valence-corrected chi connectivity index (χ2v) is 8.13. The summed E-state index contributed by atoms with van der Waals surface area (Å²) in [5, 5.41) is 14.9. The quantitative estimate of drug-likeness (QED) is 0.611. The van der Waals surface area contributed by atoms with Gasteiger partial charge in [-0.1, -0.05) is 27.3 Å². The molecule has 0 unspecified atom stereocenters. The van der Waals surface area contributed by atoms with Crippen molar-refractivity contribution in [3.05, 3.63) is 27.7 Å². The highest BCUT2D eigenvalue weighted by atomic mass is 79.9. The van der Waals surface area contributed by atoms with Gasteiger partial charge in [0.2, 0.25) is 0 Å². The monoisotopic (exact) mass is 394 g/mol. The fraction of sp³-hybridized carbons (Fsp3) is 0.333. The lowest BCUT2D eigenvalue weighted by Gasteiger charge is -2.19. The zero-order chi connectivity index (χ0) is 16.8. The number of ether oxygens (including phenoxy) is 1. The fourth-order valence-electron chi connectivity index (χ4n) is 2.08. The van der Waals surface area contributed by atoms with E-state index in [4.69, 9.17) is 4.74 Å². The molecule has 2 heterocycles. The Hall–Kier alpha value is -1.80. The standard InChI is InChI=1S/C15H15BrN4O2S/c1-8-17-18-13(23-8)12-10-7-9(16)5-6-11(10)20(19-12)14(21)22-15(2,3)4/h5-7H,1-4H3. The van der Waals surface area contributed by atoms with Crippen molar-refractivity contribution >= 4 is 44.3 Å². The Labute approximate surface area is 145 Å². The summed E-state index contributed by atoms with van der Waals surface area (Å²) in [5.41, 5.74) is 0.701. The molecule has 1 aromatic carbocycles. The first-order valence-electron chi connectivity index (χ1n) is 6.97. The van der Waals surface area contributed by atoms with Crippen LogP contribution in [0.1, 0.15) is 25.8 Å². The van der Waals surface area contributed by atoms with Crippen molar-refractivity contribution in [2.24, 2.45) is 0 Å². The number of benzene rings is 1. The molecule has 3 aromatic rings. The third kappa shape index (κ3) is 3.28. The van der Waals surface area contributed by atoms with Crippen molar-refractivity contribution in [1.29, 1.82) is 0 Å². The number of fused-ring (bicyclic) bond motifs is 1. The summed E-state index contributed by atoms with van der Waals surface area (Å²) in [7, 11) is 0. The molecule has 0 aliphatic rings. The van der Waals surface area contributed by atoms with E-state index in [1.165, 1.54) is 16.0 Å². The van der Waals surface area contributed by atoms with Gasteiger partial charge in [-0.25, -0.2) is 4.79 Å². The number of aryl methyl sites for hydroxylation is 1. The van der Waals surface area contributed by atoms with Gasteiger partial charge in [0, 0.05) is 9.86 Å². The molecule has 8 heteroatoms. The van der Waals surface area contributed by atoms with E-state index < -0.39 is 11.7 Å². The van der Waals surface area contributed by atoms with Crippen LogP contribution in [0.3, 0.4) is 0 Å². The third-order valence-corrected chi connectivity index (χ3v) is 4.28. The van der Waals surface area contributed by atoms with E-state index in [0.717, 1.165) is 14.9 Å². The number of halogens is 1. The SMILES string of the molecule is Cc1nnc(-c2nn(C(=O)OC(C)(C)C)c3ccc(Br)cc23)s1. The molecule has 0 saturated heterocycles. The second kappa shape index (κ2) is 5.68. The van der Waals surface area contributed by atoms with Crippen LogP contribution in [-0.4, -0.2) is 31.7 Å². The maximum Gasteiger partial charge on any atom is 0.435 e. The molecule has 2 aromatic heterocycles. The topological polar surface area (TPSA) is 69.9 Å². The molecule has 0 aliphatic heterocycles. The van der Waals surface area contributed by atoms with E-state index in [-0.39, 0.29) is 0 Å². The summed E-state index contributed by atoms with van der Waals surface area (Å²) >= 11 is 4.89. The zero-order valence-corrected chi connectivity index (χ0v) is 15.5. The van der Waals surface area contributed by atoms with Crippen LogP contribution < -0.4 is 0 Å². The molecule has 6 nitrogen and oxygen atoms in total. The molecule has 3 rings (SSSR count). The Balaban J connectivity index is 2.18. The maximum absolute atomic E-state index is 12.4. The van der Waals surface area contributed by atoms with Gasteiger partial charge in [0.25, 0.3) is 0 Å². The molecule has 0 aliphatic carbocycles. The summed E-state index contributed by atoms with van der Waals surface area (Å²) < 4.78 is 7.61. The first-order valence-corrected chi connectivity index (χ1v) is 8.58. The summed E-state index contributed by atoms with van der Waals surface area (Å²) in [6.45, 7) is 7.34. The molecule has 23 heavy (non-hydrogen) atoms. The first kappa shape index (κ1) is 16.1. The van der Waals surface area contributed by atoms with Crippen molar-refractivity contribution in [3.63, 3.8) is 0 Å². The van der Waals surface area contributed by atoms with E-state index in [0.29, 0.717) is 16.2 Å². The van der Waals surface area contributed by atoms with Crippen molar-refractivity contribution in [1.82, 2.24) is 20.0 Å². The van der Waals surface area contributed by atoms with Crippen LogP contribution in [0.5, 0.6) is 0 Å². The third-order valence-electron chi connectivity index (χ3n) is 2.94. The van der Waals surface area contributed by atoms with Gasteiger partial charge in [-0.3, -0.25) is 0 Å². The summed E-state index contributed by atoms with van der Waals surface area (Å²) in [5.74, 6) is 0. The number of nitrogens with zero attached hydrogens (tertiary/aromatic N) is 4. The Morgan fingerprint density at radius 1 is 1.30 bits per heavy atom. The highest BCUT2D eigenvalue weighted by molar-refractivity contribution is 9.10. The zero-order valence-electron chi connectivity index (χ0n) is 13.1. The molecular formula is C15H15BrN4O2S. The number of aromatic nitrogens is 4. The van der Waals surface area contributed by atoms with Crippen LogP contribution in [0.2, 0.25) is 0 Å². The minimum Gasteiger partial charge on any atom is -0.442 e. The Bertz CT molecular complexity index is 895. The Morgan fingerprint density at radius 2 is 2.04 bits per heavy atom. The van der Waals surface area contributed by atoms with Gasteiger partial charge < -0.3 is 4.74 Å². The number of hydrogen-bond acceptors (Lipinski definition) is 6. The average molecular weight is 395 g/mol. The minimum absolute atomic E-state index is 0.516. The van der Waals surface area contributed by atoms with Crippen molar-refractivity contribution in [2.75, 3.05) is 0 Å². The Morgan fingerprint density at radius 3 is 2.65 bits per heavy atom. The van der Waals surface area contributed by atoms with Crippen LogP contribution in [0, 0.1) is 6.92 Å². The molecule has 0 saturated carbocycles. The summed E-state index contributed by atoms with van der Waals surface area (Å²) in [4.78, 5) is 12.4. The lowest BCUT2D eigenvalue weighted by Crippen LogP contribution is -2.27. The normalized spacial score (nSPS) is 11.9. The first-order chi connectivity index (χ1) is 10.7. The van der Waals surface area contributed by atoms with Gasteiger partial charge in [0.1, 0.15) is 16.3 Å².